The third-order valence-electron chi connectivity index (χ3n) is 2.99. The van der Waals surface area contributed by atoms with Crippen LogP contribution in [-0.2, 0) is 11.2 Å². The number of halogens is 1. The topological polar surface area (TPSA) is 37.3 Å². The summed E-state index contributed by atoms with van der Waals surface area (Å²) in [6, 6.07) is 7.84. The van der Waals surface area contributed by atoms with E-state index in [1.807, 2.05) is 18.2 Å². The zero-order chi connectivity index (χ0) is 12.8. The smallest absolute Gasteiger partial charge is 0.306 e. The number of carbonyl (C=O) groups is 1. The molecule has 0 fully saturated rings. The van der Waals surface area contributed by atoms with Gasteiger partial charge >= 0.3 is 5.97 Å². The van der Waals surface area contributed by atoms with Gasteiger partial charge in [0.05, 0.1) is 5.92 Å². The van der Waals surface area contributed by atoms with Gasteiger partial charge in [-0.25, -0.2) is 0 Å². The molecule has 0 heterocycles. The number of carboxylic acid groups (broad SMARTS) is 1. The van der Waals surface area contributed by atoms with Crippen molar-refractivity contribution in [3.63, 3.8) is 0 Å². The Labute approximate surface area is 108 Å². The summed E-state index contributed by atoms with van der Waals surface area (Å²) in [6.07, 6.45) is 2.62. The van der Waals surface area contributed by atoms with E-state index in [1.54, 1.807) is 6.92 Å². The maximum Gasteiger partial charge on any atom is 0.306 e. The molecular formula is C14H19ClO2. The molecule has 0 radical (unpaired) electrons. The number of carboxylic acids is 1. The maximum absolute atomic E-state index is 10.7. The van der Waals surface area contributed by atoms with Crippen LogP contribution in [0.4, 0.5) is 0 Å². The van der Waals surface area contributed by atoms with E-state index in [0.717, 1.165) is 24.3 Å². The lowest BCUT2D eigenvalue weighted by atomic mass is 9.93. The van der Waals surface area contributed by atoms with Crippen LogP contribution < -0.4 is 0 Å². The molecule has 1 aromatic rings. The second-order valence-electron chi connectivity index (χ2n) is 4.76. The van der Waals surface area contributed by atoms with Crippen LogP contribution in [0.3, 0.4) is 0 Å². The normalized spacial score (nSPS) is 14.3. The summed E-state index contributed by atoms with van der Waals surface area (Å²) in [4.78, 5) is 10.7. The van der Waals surface area contributed by atoms with Crippen LogP contribution in [0.2, 0.25) is 5.02 Å². The van der Waals surface area contributed by atoms with Gasteiger partial charge in [-0.05, 0) is 42.9 Å². The molecule has 17 heavy (non-hydrogen) atoms. The van der Waals surface area contributed by atoms with E-state index in [-0.39, 0.29) is 5.92 Å². The predicted octanol–water partition coefficient (Wildman–Crippen LogP) is 4.02. The van der Waals surface area contributed by atoms with Crippen molar-refractivity contribution in [1.82, 2.24) is 0 Å². The zero-order valence-electron chi connectivity index (χ0n) is 10.3. The second-order valence-corrected chi connectivity index (χ2v) is 5.19. The average molecular weight is 255 g/mol. The molecule has 0 aliphatic rings. The molecule has 2 unspecified atom stereocenters. The van der Waals surface area contributed by atoms with Crippen molar-refractivity contribution in [1.29, 1.82) is 0 Å². The third kappa shape index (κ3) is 5.22. The minimum absolute atomic E-state index is 0.253. The standard InChI is InChI=1S/C14H19ClO2/c1-10(6-7-11(2)14(16)17)8-12-4-3-5-13(15)9-12/h3-5,9-11H,6-8H2,1-2H3,(H,16,17). The molecule has 0 amide bonds. The molecule has 0 aliphatic heterocycles. The molecule has 3 heteroatoms. The van der Waals surface area contributed by atoms with Gasteiger partial charge in [0.1, 0.15) is 0 Å². The fourth-order valence-electron chi connectivity index (χ4n) is 1.83. The van der Waals surface area contributed by atoms with Gasteiger partial charge in [-0.1, -0.05) is 37.6 Å². The highest BCUT2D eigenvalue weighted by atomic mass is 35.5. The maximum atomic E-state index is 10.7. The lowest BCUT2D eigenvalue weighted by Crippen LogP contribution is -2.11. The van der Waals surface area contributed by atoms with E-state index in [1.165, 1.54) is 5.56 Å². The summed E-state index contributed by atoms with van der Waals surface area (Å²) in [7, 11) is 0. The molecule has 2 atom stereocenters. The van der Waals surface area contributed by atoms with Gasteiger partial charge in [-0.2, -0.15) is 0 Å². The Morgan fingerprint density at radius 1 is 1.35 bits per heavy atom. The Balaban J connectivity index is 2.39. The molecule has 0 aromatic heterocycles. The monoisotopic (exact) mass is 254 g/mol. The van der Waals surface area contributed by atoms with Crippen LogP contribution in [0.25, 0.3) is 0 Å². The van der Waals surface area contributed by atoms with Crippen molar-refractivity contribution >= 4 is 17.6 Å². The van der Waals surface area contributed by atoms with Gasteiger partial charge in [-0.3, -0.25) is 4.79 Å². The second kappa shape index (κ2) is 6.65. The predicted molar refractivity (Wildman–Crippen MR) is 70.4 cm³/mol. The summed E-state index contributed by atoms with van der Waals surface area (Å²) in [6.45, 7) is 3.91. The molecule has 0 saturated carbocycles. The molecule has 0 spiro atoms. The minimum atomic E-state index is -0.708. The first-order valence-corrected chi connectivity index (χ1v) is 6.34. The molecule has 0 bridgehead atoms. The first-order valence-electron chi connectivity index (χ1n) is 5.96. The third-order valence-corrected chi connectivity index (χ3v) is 3.22. The molecule has 0 saturated heterocycles. The first-order chi connectivity index (χ1) is 7.99. The summed E-state index contributed by atoms with van der Waals surface area (Å²) < 4.78 is 0. The van der Waals surface area contributed by atoms with Crippen LogP contribution in [0.1, 0.15) is 32.3 Å². The van der Waals surface area contributed by atoms with Crippen LogP contribution in [0, 0.1) is 11.8 Å². The lowest BCUT2D eigenvalue weighted by molar-refractivity contribution is -0.141. The van der Waals surface area contributed by atoms with E-state index in [0.29, 0.717) is 5.92 Å². The Hall–Kier alpha value is -1.02. The fraction of sp³-hybridized carbons (Fsp3) is 0.500. The molecule has 2 nitrogen and oxygen atoms in total. The SMILES string of the molecule is CC(CCC(C)C(=O)O)Cc1cccc(Cl)c1. The highest BCUT2D eigenvalue weighted by molar-refractivity contribution is 6.30. The van der Waals surface area contributed by atoms with Crippen molar-refractivity contribution in [2.45, 2.75) is 33.1 Å². The number of hydrogen-bond acceptors (Lipinski definition) is 1. The number of aliphatic carboxylic acids is 1. The number of rotatable bonds is 6. The minimum Gasteiger partial charge on any atom is -0.481 e. The summed E-state index contributed by atoms with van der Waals surface area (Å²) in [5.74, 6) is -0.480. The number of benzene rings is 1. The Morgan fingerprint density at radius 2 is 2.06 bits per heavy atom. The van der Waals surface area contributed by atoms with Gasteiger partial charge in [0.25, 0.3) is 0 Å². The summed E-state index contributed by atoms with van der Waals surface area (Å²) >= 11 is 5.92. The molecular weight excluding hydrogens is 236 g/mol. The molecule has 0 aliphatic carbocycles. The molecule has 1 rings (SSSR count). The Kier molecular flexibility index (Phi) is 5.49. The van der Waals surface area contributed by atoms with Gasteiger partial charge in [0.15, 0.2) is 0 Å². The molecule has 1 aromatic carbocycles. The molecule has 94 valence electrons. The van der Waals surface area contributed by atoms with E-state index < -0.39 is 5.97 Å². The van der Waals surface area contributed by atoms with Gasteiger partial charge in [0.2, 0.25) is 0 Å². The largest absolute Gasteiger partial charge is 0.481 e. The van der Waals surface area contributed by atoms with Crippen molar-refractivity contribution in [3.8, 4) is 0 Å². The van der Waals surface area contributed by atoms with Crippen molar-refractivity contribution in [3.05, 3.63) is 34.9 Å². The van der Waals surface area contributed by atoms with Gasteiger partial charge < -0.3 is 5.11 Å². The van der Waals surface area contributed by atoms with Crippen molar-refractivity contribution < 1.29 is 9.90 Å². The quantitative estimate of drug-likeness (QED) is 0.833. The highest BCUT2D eigenvalue weighted by Crippen LogP contribution is 2.19. The lowest BCUT2D eigenvalue weighted by Gasteiger charge is -2.13. The van der Waals surface area contributed by atoms with Crippen molar-refractivity contribution in [2.24, 2.45) is 11.8 Å². The average Bonchev–Trinajstić information content (AvgIpc) is 2.25. The Morgan fingerprint density at radius 3 is 2.65 bits per heavy atom. The Bertz CT molecular complexity index is 376. The van der Waals surface area contributed by atoms with E-state index in [4.69, 9.17) is 16.7 Å². The first kappa shape index (κ1) is 14.0. The highest BCUT2D eigenvalue weighted by Gasteiger charge is 2.13. The summed E-state index contributed by atoms with van der Waals surface area (Å²) in [5, 5.41) is 9.56. The van der Waals surface area contributed by atoms with E-state index >= 15 is 0 Å². The van der Waals surface area contributed by atoms with Crippen LogP contribution in [0.15, 0.2) is 24.3 Å². The van der Waals surface area contributed by atoms with Crippen LogP contribution >= 0.6 is 11.6 Å². The zero-order valence-corrected chi connectivity index (χ0v) is 11.1. The van der Waals surface area contributed by atoms with Crippen LogP contribution in [0.5, 0.6) is 0 Å². The van der Waals surface area contributed by atoms with Crippen LogP contribution in [-0.4, -0.2) is 11.1 Å². The molecule has 1 N–H and O–H groups in total. The number of hydrogen-bond donors (Lipinski definition) is 1. The van der Waals surface area contributed by atoms with Gasteiger partial charge in [-0.15, -0.1) is 0 Å². The van der Waals surface area contributed by atoms with E-state index in [2.05, 4.69) is 13.0 Å². The van der Waals surface area contributed by atoms with E-state index in [9.17, 15) is 4.79 Å². The van der Waals surface area contributed by atoms with Gasteiger partial charge in [0, 0.05) is 5.02 Å². The summed E-state index contributed by atoms with van der Waals surface area (Å²) in [5.41, 5.74) is 1.22. The van der Waals surface area contributed by atoms with Crippen molar-refractivity contribution in [2.75, 3.05) is 0 Å². The fourth-order valence-corrected chi connectivity index (χ4v) is 2.04.